The number of aliphatic hydroxyl groups excluding tert-OH is 1. The van der Waals surface area contributed by atoms with Gasteiger partial charge < -0.3 is 14.9 Å². The highest BCUT2D eigenvalue weighted by Gasteiger charge is 2.52. The van der Waals surface area contributed by atoms with Gasteiger partial charge >= 0.3 is 0 Å². The molecule has 1 aromatic heterocycles. The molecule has 1 atom stereocenters. The van der Waals surface area contributed by atoms with Gasteiger partial charge in [0, 0.05) is 25.8 Å². The Morgan fingerprint density at radius 1 is 1.27 bits per heavy atom. The summed E-state index contributed by atoms with van der Waals surface area (Å²) in [7, 11) is 0. The number of aromatic nitrogens is 1. The van der Waals surface area contributed by atoms with Crippen LogP contribution in [-0.2, 0) is 4.79 Å². The first-order chi connectivity index (χ1) is 10.7. The van der Waals surface area contributed by atoms with Crippen LogP contribution in [0.25, 0.3) is 0 Å². The van der Waals surface area contributed by atoms with Gasteiger partial charge in [-0.1, -0.05) is 6.07 Å². The quantitative estimate of drug-likeness (QED) is 0.891. The van der Waals surface area contributed by atoms with Crippen LogP contribution in [0.2, 0.25) is 0 Å². The SMILES string of the molecule is O=C(c1ccccn1)N1CCCC12CCCN(CCO)C2=O. The van der Waals surface area contributed by atoms with Crippen LogP contribution in [0.1, 0.15) is 36.2 Å². The van der Waals surface area contributed by atoms with Crippen LogP contribution in [-0.4, -0.2) is 63.5 Å². The first-order valence-corrected chi connectivity index (χ1v) is 7.82. The molecule has 2 saturated heterocycles. The maximum absolute atomic E-state index is 12.9. The molecule has 3 rings (SSSR count). The predicted octanol–water partition coefficient (Wildman–Crippen LogP) is 0.671. The third-order valence-corrected chi connectivity index (χ3v) is 4.69. The van der Waals surface area contributed by atoms with Crippen LogP contribution in [0.4, 0.5) is 0 Å². The maximum Gasteiger partial charge on any atom is 0.273 e. The van der Waals surface area contributed by atoms with E-state index in [1.807, 2.05) is 0 Å². The van der Waals surface area contributed by atoms with E-state index in [0.717, 1.165) is 12.8 Å². The van der Waals surface area contributed by atoms with Gasteiger partial charge in [-0.05, 0) is 37.8 Å². The van der Waals surface area contributed by atoms with Crippen molar-refractivity contribution in [2.24, 2.45) is 0 Å². The minimum Gasteiger partial charge on any atom is -0.395 e. The summed E-state index contributed by atoms with van der Waals surface area (Å²) >= 11 is 0. The molecule has 1 N–H and O–H groups in total. The summed E-state index contributed by atoms with van der Waals surface area (Å²) < 4.78 is 0. The fourth-order valence-electron chi connectivity index (χ4n) is 3.68. The molecule has 0 saturated carbocycles. The van der Waals surface area contributed by atoms with Gasteiger partial charge in [-0.2, -0.15) is 0 Å². The van der Waals surface area contributed by atoms with E-state index in [1.54, 1.807) is 34.2 Å². The van der Waals surface area contributed by atoms with Crippen LogP contribution < -0.4 is 0 Å². The zero-order valence-corrected chi connectivity index (χ0v) is 12.6. The molecule has 6 nitrogen and oxygen atoms in total. The number of carbonyl (C=O) groups excluding carboxylic acids is 2. The number of likely N-dealkylation sites (tertiary alicyclic amines) is 2. The number of hydrogen-bond donors (Lipinski definition) is 1. The highest BCUT2D eigenvalue weighted by molar-refractivity contribution is 5.98. The molecule has 6 heteroatoms. The lowest BCUT2D eigenvalue weighted by atomic mass is 9.85. The molecule has 1 aromatic rings. The molecule has 22 heavy (non-hydrogen) atoms. The van der Waals surface area contributed by atoms with Gasteiger partial charge in [0.1, 0.15) is 11.2 Å². The summed E-state index contributed by atoms with van der Waals surface area (Å²) in [6.45, 7) is 1.54. The van der Waals surface area contributed by atoms with E-state index in [0.29, 0.717) is 38.2 Å². The lowest BCUT2D eigenvalue weighted by molar-refractivity contribution is -0.146. The minimum absolute atomic E-state index is 0.0189. The molecule has 2 aliphatic rings. The van der Waals surface area contributed by atoms with E-state index < -0.39 is 5.54 Å². The number of nitrogens with zero attached hydrogens (tertiary/aromatic N) is 3. The van der Waals surface area contributed by atoms with Gasteiger partial charge in [-0.25, -0.2) is 0 Å². The topological polar surface area (TPSA) is 73.7 Å². The van der Waals surface area contributed by atoms with Gasteiger partial charge in [0.2, 0.25) is 5.91 Å². The fraction of sp³-hybridized carbons (Fsp3) is 0.562. The van der Waals surface area contributed by atoms with Gasteiger partial charge in [-0.15, -0.1) is 0 Å². The minimum atomic E-state index is -0.734. The largest absolute Gasteiger partial charge is 0.395 e. The van der Waals surface area contributed by atoms with E-state index in [9.17, 15) is 9.59 Å². The second-order valence-corrected chi connectivity index (χ2v) is 5.93. The molecule has 3 heterocycles. The maximum atomic E-state index is 12.9. The van der Waals surface area contributed by atoms with Crippen molar-refractivity contribution in [2.75, 3.05) is 26.2 Å². The fourth-order valence-corrected chi connectivity index (χ4v) is 3.68. The van der Waals surface area contributed by atoms with Crippen LogP contribution in [0.3, 0.4) is 0 Å². The standard InChI is InChI=1S/C16H21N3O3/c20-12-11-18-9-3-6-16(15(18)22)7-4-10-19(16)14(21)13-5-1-2-8-17-13/h1-2,5,8,20H,3-4,6-7,9-12H2. The van der Waals surface area contributed by atoms with Gasteiger partial charge in [0.15, 0.2) is 0 Å². The molecule has 2 amide bonds. The number of β-amino-alcohol motifs (C(OH)–C–C–N with tert-alkyl or cyclic N) is 1. The van der Waals surface area contributed by atoms with Crippen molar-refractivity contribution < 1.29 is 14.7 Å². The molecule has 0 aliphatic carbocycles. The Kier molecular flexibility index (Phi) is 4.11. The predicted molar refractivity (Wildman–Crippen MR) is 80.1 cm³/mol. The molecule has 2 aliphatic heterocycles. The van der Waals surface area contributed by atoms with Crippen molar-refractivity contribution in [3.63, 3.8) is 0 Å². The van der Waals surface area contributed by atoms with Crippen molar-refractivity contribution in [1.29, 1.82) is 0 Å². The van der Waals surface area contributed by atoms with E-state index >= 15 is 0 Å². The number of piperidine rings is 1. The van der Waals surface area contributed by atoms with Gasteiger partial charge in [0.05, 0.1) is 6.61 Å². The lowest BCUT2D eigenvalue weighted by Gasteiger charge is -2.44. The highest BCUT2D eigenvalue weighted by atomic mass is 16.3. The van der Waals surface area contributed by atoms with Crippen molar-refractivity contribution in [3.8, 4) is 0 Å². The van der Waals surface area contributed by atoms with Crippen molar-refractivity contribution in [3.05, 3.63) is 30.1 Å². The molecule has 0 radical (unpaired) electrons. The highest BCUT2D eigenvalue weighted by Crippen LogP contribution is 2.38. The molecule has 2 fully saturated rings. The average Bonchev–Trinajstić information content (AvgIpc) is 2.97. The Morgan fingerprint density at radius 2 is 2.05 bits per heavy atom. The molecular formula is C16H21N3O3. The lowest BCUT2D eigenvalue weighted by Crippen LogP contribution is -2.61. The summed E-state index contributed by atoms with van der Waals surface area (Å²) in [5.41, 5.74) is -0.349. The zero-order valence-electron chi connectivity index (χ0n) is 12.6. The third kappa shape index (κ3) is 2.37. The van der Waals surface area contributed by atoms with Gasteiger partial charge in [0.25, 0.3) is 5.91 Å². The number of hydrogen-bond acceptors (Lipinski definition) is 4. The zero-order chi connectivity index (χ0) is 15.6. The molecule has 1 unspecified atom stereocenters. The van der Waals surface area contributed by atoms with E-state index in [2.05, 4.69) is 4.98 Å². The molecular weight excluding hydrogens is 282 g/mol. The van der Waals surface area contributed by atoms with Crippen LogP contribution >= 0.6 is 0 Å². The van der Waals surface area contributed by atoms with Gasteiger partial charge in [-0.3, -0.25) is 14.6 Å². The van der Waals surface area contributed by atoms with Crippen molar-refractivity contribution in [1.82, 2.24) is 14.8 Å². The summed E-state index contributed by atoms with van der Waals surface area (Å²) in [5, 5.41) is 9.14. The second-order valence-electron chi connectivity index (χ2n) is 5.93. The Balaban J connectivity index is 1.88. The Hall–Kier alpha value is -1.95. The third-order valence-electron chi connectivity index (χ3n) is 4.69. The normalized spacial score (nSPS) is 25.0. The van der Waals surface area contributed by atoms with E-state index in [4.69, 9.17) is 5.11 Å². The number of amides is 2. The molecule has 0 bridgehead atoms. The molecule has 118 valence electrons. The number of aliphatic hydroxyl groups is 1. The Morgan fingerprint density at radius 3 is 2.73 bits per heavy atom. The Bertz CT molecular complexity index is 561. The number of rotatable bonds is 3. The van der Waals surface area contributed by atoms with Crippen molar-refractivity contribution in [2.45, 2.75) is 31.2 Å². The number of pyridine rings is 1. The number of carbonyl (C=O) groups is 2. The summed E-state index contributed by atoms with van der Waals surface area (Å²) in [4.78, 5) is 33.2. The first-order valence-electron chi connectivity index (χ1n) is 7.82. The first kappa shape index (κ1) is 15.0. The Labute approximate surface area is 129 Å². The second kappa shape index (κ2) is 6.04. The monoisotopic (exact) mass is 303 g/mol. The van der Waals surface area contributed by atoms with E-state index in [-0.39, 0.29) is 18.4 Å². The van der Waals surface area contributed by atoms with Crippen LogP contribution in [0, 0.1) is 0 Å². The van der Waals surface area contributed by atoms with E-state index in [1.165, 1.54) is 0 Å². The van der Waals surface area contributed by atoms with Crippen molar-refractivity contribution >= 4 is 11.8 Å². The summed E-state index contributed by atoms with van der Waals surface area (Å²) in [6, 6.07) is 5.24. The average molecular weight is 303 g/mol. The molecule has 0 aromatic carbocycles. The smallest absolute Gasteiger partial charge is 0.273 e. The summed E-state index contributed by atoms with van der Waals surface area (Å²) in [6.07, 6.45) is 4.68. The molecule has 1 spiro atoms. The summed E-state index contributed by atoms with van der Waals surface area (Å²) in [5.74, 6) is -0.188. The van der Waals surface area contributed by atoms with Crippen LogP contribution in [0.15, 0.2) is 24.4 Å². The van der Waals surface area contributed by atoms with Crippen LogP contribution in [0.5, 0.6) is 0 Å².